The summed E-state index contributed by atoms with van der Waals surface area (Å²) < 4.78 is 19.6. The number of aryl methyl sites for hydroxylation is 1. The maximum Gasteiger partial charge on any atom is 0.255 e. The Kier molecular flexibility index (Phi) is 5.95. The Morgan fingerprint density at radius 2 is 1.90 bits per heavy atom. The Bertz CT molecular complexity index is 1130. The molecular weight excluding hydrogens is 415 g/mol. The second kappa shape index (κ2) is 8.81. The number of nitrogens with one attached hydrogen (secondary N) is 1. The van der Waals surface area contributed by atoms with E-state index in [4.69, 9.17) is 4.74 Å². The molecule has 2 amide bonds. The monoisotopic (exact) mass is 436 g/mol. The molecule has 0 bridgehead atoms. The first kappa shape index (κ1) is 20.9. The fraction of sp³-hybridized carbons (Fsp3) is 0.167. The lowest BCUT2D eigenvalue weighted by Crippen LogP contribution is -2.28. The zero-order valence-corrected chi connectivity index (χ0v) is 17.9. The van der Waals surface area contributed by atoms with Gasteiger partial charge in [-0.25, -0.2) is 4.39 Å². The summed E-state index contributed by atoms with van der Waals surface area (Å²) in [4.78, 5) is 26.5. The van der Waals surface area contributed by atoms with Crippen LogP contribution in [-0.2, 0) is 4.79 Å². The van der Waals surface area contributed by atoms with Crippen molar-refractivity contribution in [2.45, 2.75) is 12.3 Å². The van der Waals surface area contributed by atoms with E-state index in [-0.39, 0.29) is 28.6 Å². The molecule has 5 nitrogen and oxygen atoms in total. The first-order valence-electron chi connectivity index (χ1n) is 9.71. The van der Waals surface area contributed by atoms with Gasteiger partial charge < -0.3 is 10.1 Å². The highest BCUT2D eigenvalue weighted by Gasteiger charge is 2.35. The highest BCUT2D eigenvalue weighted by atomic mass is 32.2. The molecule has 3 aromatic rings. The molecule has 7 heteroatoms. The van der Waals surface area contributed by atoms with E-state index >= 15 is 0 Å². The number of nitrogens with zero attached hydrogens (tertiary/aromatic N) is 1. The number of benzene rings is 3. The van der Waals surface area contributed by atoms with Crippen molar-refractivity contribution in [2.75, 3.05) is 23.1 Å². The quantitative estimate of drug-likeness (QED) is 0.599. The molecule has 0 aliphatic carbocycles. The van der Waals surface area contributed by atoms with Crippen LogP contribution in [-0.4, -0.2) is 24.7 Å². The fourth-order valence-corrected chi connectivity index (χ4v) is 4.61. The van der Waals surface area contributed by atoms with Gasteiger partial charge in [-0.2, -0.15) is 0 Å². The minimum Gasteiger partial charge on any atom is -0.497 e. The normalized spacial score (nSPS) is 15.8. The van der Waals surface area contributed by atoms with Gasteiger partial charge in [0.2, 0.25) is 5.91 Å². The van der Waals surface area contributed by atoms with E-state index in [1.165, 1.54) is 22.7 Å². The minimum absolute atomic E-state index is 0.130. The van der Waals surface area contributed by atoms with Crippen LogP contribution < -0.4 is 15.0 Å². The average molecular weight is 437 g/mol. The highest BCUT2D eigenvalue weighted by molar-refractivity contribution is 8.00. The summed E-state index contributed by atoms with van der Waals surface area (Å²) in [5.41, 5.74) is 3.14. The molecule has 1 saturated heterocycles. The van der Waals surface area contributed by atoms with Gasteiger partial charge in [0.1, 0.15) is 16.9 Å². The number of methoxy groups -OCH3 is 1. The average Bonchev–Trinajstić information content (AvgIpc) is 3.17. The zero-order valence-electron chi connectivity index (χ0n) is 17.1. The SMILES string of the molecule is COc1cccc(C(=O)Nc2ccc([C@H]3SCC(=O)N3c3cc(C)ccc3F)cc2)c1. The van der Waals surface area contributed by atoms with Crippen molar-refractivity contribution >= 4 is 35.0 Å². The van der Waals surface area contributed by atoms with Crippen LogP contribution in [0.4, 0.5) is 15.8 Å². The number of carbonyl (C=O) groups excluding carboxylic acids is 2. The lowest BCUT2D eigenvalue weighted by Gasteiger charge is -2.25. The van der Waals surface area contributed by atoms with Crippen molar-refractivity contribution in [3.8, 4) is 5.75 Å². The van der Waals surface area contributed by atoms with Crippen molar-refractivity contribution in [1.82, 2.24) is 0 Å². The van der Waals surface area contributed by atoms with E-state index in [0.717, 1.165) is 11.1 Å². The predicted molar refractivity (Wildman–Crippen MR) is 121 cm³/mol. The number of ether oxygens (including phenoxy) is 1. The number of rotatable bonds is 5. The van der Waals surface area contributed by atoms with Crippen molar-refractivity contribution in [3.63, 3.8) is 0 Å². The second-order valence-corrected chi connectivity index (χ2v) is 8.26. The Balaban J connectivity index is 1.53. The van der Waals surface area contributed by atoms with Crippen molar-refractivity contribution in [1.29, 1.82) is 0 Å². The van der Waals surface area contributed by atoms with Gasteiger partial charge in [-0.05, 0) is 60.5 Å². The number of halogens is 1. The van der Waals surface area contributed by atoms with E-state index in [1.807, 2.05) is 19.1 Å². The van der Waals surface area contributed by atoms with Gasteiger partial charge in [0.25, 0.3) is 5.91 Å². The van der Waals surface area contributed by atoms with Crippen molar-refractivity contribution < 1.29 is 18.7 Å². The summed E-state index contributed by atoms with van der Waals surface area (Å²) in [6.07, 6.45) is 0. The number of hydrogen-bond acceptors (Lipinski definition) is 4. The van der Waals surface area contributed by atoms with E-state index < -0.39 is 5.82 Å². The maximum atomic E-state index is 14.4. The Labute approximate surface area is 184 Å². The molecule has 1 aliphatic heterocycles. The van der Waals surface area contributed by atoms with Crippen molar-refractivity contribution in [2.24, 2.45) is 0 Å². The Hall–Kier alpha value is -3.32. The molecule has 4 rings (SSSR count). The summed E-state index contributed by atoms with van der Waals surface area (Å²) in [6, 6.07) is 18.9. The van der Waals surface area contributed by atoms with Crippen LogP contribution in [0.2, 0.25) is 0 Å². The molecule has 0 spiro atoms. The molecule has 1 aliphatic rings. The van der Waals surface area contributed by atoms with Crippen LogP contribution in [0.3, 0.4) is 0 Å². The zero-order chi connectivity index (χ0) is 22.0. The molecule has 1 N–H and O–H groups in total. The topological polar surface area (TPSA) is 58.6 Å². The van der Waals surface area contributed by atoms with Crippen LogP contribution in [0.1, 0.15) is 26.9 Å². The Morgan fingerprint density at radius 1 is 1.13 bits per heavy atom. The van der Waals surface area contributed by atoms with Gasteiger partial charge in [0.15, 0.2) is 0 Å². The van der Waals surface area contributed by atoms with Gasteiger partial charge in [0, 0.05) is 11.3 Å². The molecule has 0 saturated carbocycles. The van der Waals surface area contributed by atoms with E-state index in [1.54, 1.807) is 55.6 Å². The van der Waals surface area contributed by atoms with Crippen LogP contribution >= 0.6 is 11.8 Å². The molecule has 31 heavy (non-hydrogen) atoms. The van der Waals surface area contributed by atoms with E-state index in [9.17, 15) is 14.0 Å². The predicted octanol–water partition coefficient (Wildman–Crippen LogP) is 5.17. The summed E-state index contributed by atoms with van der Waals surface area (Å²) >= 11 is 1.45. The number of amides is 2. The lowest BCUT2D eigenvalue weighted by molar-refractivity contribution is -0.115. The number of hydrogen-bond donors (Lipinski definition) is 1. The number of thioether (sulfide) groups is 1. The number of carbonyl (C=O) groups is 2. The second-order valence-electron chi connectivity index (χ2n) is 7.19. The Morgan fingerprint density at radius 3 is 2.65 bits per heavy atom. The van der Waals surface area contributed by atoms with Gasteiger partial charge >= 0.3 is 0 Å². The molecule has 1 atom stereocenters. The highest BCUT2D eigenvalue weighted by Crippen LogP contribution is 2.43. The smallest absolute Gasteiger partial charge is 0.255 e. The molecule has 0 aromatic heterocycles. The van der Waals surface area contributed by atoms with Crippen molar-refractivity contribution in [3.05, 3.63) is 89.2 Å². The number of anilines is 2. The maximum absolute atomic E-state index is 14.4. The molecule has 158 valence electrons. The summed E-state index contributed by atoms with van der Waals surface area (Å²) in [7, 11) is 1.55. The fourth-order valence-electron chi connectivity index (χ4n) is 3.44. The van der Waals surface area contributed by atoms with Crippen LogP contribution in [0, 0.1) is 12.7 Å². The first-order chi connectivity index (χ1) is 15.0. The molecule has 3 aromatic carbocycles. The third-order valence-electron chi connectivity index (χ3n) is 5.01. The largest absolute Gasteiger partial charge is 0.497 e. The van der Waals surface area contributed by atoms with E-state index in [0.29, 0.717) is 17.0 Å². The molecule has 0 radical (unpaired) electrons. The van der Waals surface area contributed by atoms with Gasteiger partial charge in [-0.3, -0.25) is 14.5 Å². The van der Waals surface area contributed by atoms with Gasteiger partial charge in [-0.15, -0.1) is 11.8 Å². The molecule has 1 heterocycles. The third-order valence-corrected chi connectivity index (χ3v) is 6.23. The first-order valence-corrected chi connectivity index (χ1v) is 10.8. The molecule has 1 fully saturated rings. The lowest BCUT2D eigenvalue weighted by atomic mass is 10.1. The standard InChI is InChI=1S/C24H21FN2O3S/c1-15-6-11-20(25)21(12-15)27-22(28)14-31-24(27)16-7-9-18(10-8-16)26-23(29)17-4-3-5-19(13-17)30-2/h3-13,24H,14H2,1-2H3,(H,26,29)/t24-/m1/s1. The van der Waals surface area contributed by atoms with Gasteiger partial charge in [0.05, 0.1) is 18.6 Å². The van der Waals surface area contributed by atoms with E-state index in [2.05, 4.69) is 5.32 Å². The summed E-state index contributed by atoms with van der Waals surface area (Å²) in [6.45, 7) is 1.87. The molecular formula is C24H21FN2O3S. The third kappa shape index (κ3) is 4.41. The minimum atomic E-state index is -0.423. The van der Waals surface area contributed by atoms with Crippen LogP contribution in [0.25, 0.3) is 0 Å². The summed E-state index contributed by atoms with van der Waals surface area (Å²) in [5, 5.41) is 2.53. The summed E-state index contributed by atoms with van der Waals surface area (Å²) in [5.74, 6) is 0.0882. The van der Waals surface area contributed by atoms with Gasteiger partial charge in [-0.1, -0.05) is 24.3 Å². The van der Waals surface area contributed by atoms with Crippen LogP contribution in [0.5, 0.6) is 5.75 Å². The molecule has 0 unspecified atom stereocenters. The van der Waals surface area contributed by atoms with Crippen LogP contribution in [0.15, 0.2) is 66.7 Å².